The fourth-order valence-electron chi connectivity index (χ4n) is 5.32. The first kappa shape index (κ1) is 21.4. The second-order valence-corrected chi connectivity index (χ2v) is 9.67. The molecule has 2 aromatic rings. The molecule has 7 heteroatoms. The molecule has 0 amide bonds. The monoisotopic (exact) mass is 450 g/mol. The van der Waals surface area contributed by atoms with Crippen molar-refractivity contribution in [3.63, 3.8) is 0 Å². The molecular weight excluding hydrogens is 416 g/mol. The molecule has 0 spiro atoms. The zero-order chi connectivity index (χ0) is 22.0. The molecule has 7 nitrogen and oxygen atoms in total. The topological polar surface area (TPSA) is 58.2 Å². The predicted molar refractivity (Wildman–Crippen MR) is 126 cm³/mol. The first-order valence-corrected chi connectivity index (χ1v) is 12.4. The van der Waals surface area contributed by atoms with Crippen molar-refractivity contribution in [3.8, 4) is 11.5 Å². The maximum atomic E-state index is 6.29. The Bertz CT molecular complexity index is 895. The minimum atomic E-state index is 0.324. The van der Waals surface area contributed by atoms with Gasteiger partial charge in [0.15, 0.2) is 0 Å². The van der Waals surface area contributed by atoms with Gasteiger partial charge < -0.3 is 20.1 Å². The van der Waals surface area contributed by atoms with E-state index >= 15 is 0 Å². The highest BCUT2D eigenvalue weighted by atomic mass is 16.8. The molecule has 2 aromatic carbocycles. The molecule has 0 aliphatic carbocycles. The van der Waals surface area contributed by atoms with E-state index in [0.29, 0.717) is 12.2 Å². The molecule has 0 atom stereocenters. The van der Waals surface area contributed by atoms with E-state index in [1.54, 1.807) is 0 Å². The van der Waals surface area contributed by atoms with Crippen molar-refractivity contribution in [2.75, 3.05) is 26.2 Å². The van der Waals surface area contributed by atoms with Crippen molar-refractivity contribution < 1.29 is 14.4 Å². The Morgan fingerprint density at radius 1 is 0.576 bits per heavy atom. The summed E-state index contributed by atoms with van der Waals surface area (Å²) in [4.78, 5) is 6.29. The van der Waals surface area contributed by atoms with Crippen molar-refractivity contribution in [2.45, 2.75) is 64.1 Å². The quantitative estimate of drug-likeness (QED) is 0.701. The normalized spacial score (nSPS) is 22.3. The van der Waals surface area contributed by atoms with Crippen LogP contribution in [0.4, 0.5) is 0 Å². The number of nitrogens with zero attached hydrogens (tertiary/aromatic N) is 2. The van der Waals surface area contributed by atoms with Gasteiger partial charge in [-0.2, -0.15) is 10.1 Å². The van der Waals surface area contributed by atoms with Gasteiger partial charge in [-0.3, -0.25) is 0 Å². The summed E-state index contributed by atoms with van der Waals surface area (Å²) in [6.07, 6.45) is 4.95. The van der Waals surface area contributed by atoms with Gasteiger partial charge in [0, 0.05) is 0 Å². The summed E-state index contributed by atoms with van der Waals surface area (Å²) in [7, 11) is 0. The molecule has 2 N–H and O–H groups in total. The Kier molecular flexibility index (Phi) is 6.22. The van der Waals surface area contributed by atoms with E-state index in [2.05, 4.69) is 57.2 Å². The Balaban J connectivity index is 1.03. The molecule has 6 rings (SSSR count). The third-order valence-corrected chi connectivity index (χ3v) is 7.15. The number of nitrogens with one attached hydrogen (secondary N) is 2. The third-order valence-electron chi connectivity index (χ3n) is 7.15. The summed E-state index contributed by atoms with van der Waals surface area (Å²) in [5.74, 6) is 1.97. The summed E-state index contributed by atoms with van der Waals surface area (Å²) in [6.45, 7) is 7.36. The lowest BCUT2D eigenvalue weighted by molar-refractivity contribution is -0.336. The molecule has 0 aromatic heterocycles. The SMILES string of the molecule is c1cc2c(cc1OC1CCNCC1)CN(ON1Cc3ccc(OC4CCNCC4)cc3C1)C2. The maximum Gasteiger partial charge on any atom is 0.120 e. The summed E-state index contributed by atoms with van der Waals surface area (Å²) in [5, 5.41) is 10.9. The molecule has 33 heavy (non-hydrogen) atoms. The van der Waals surface area contributed by atoms with E-state index in [1.165, 1.54) is 22.3 Å². The van der Waals surface area contributed by atoms with E-state index in [-0.39, 0.29) is 0 Å². The van der Waals surface area contributed by atoms with Gasteiger partial charge in [-0.25, -0.2) is 4.94 Å². The van der Waals surface area contributed by atoms with Crippen LogP contribution in [0.5, 0.6) is 11.5 Å². The van der Waals surface area contributed by atoms with Crippen molar-refractivity contribution in [1.82, 2.24) is 20.8 Å². The molecule has 0 unspecified atom stereocenters. The first-order valence-electron chi connectivity index (χ1n) is 12.4. The highest BCUT2D eigenvalue weighted by Crippen LogP contribution is 2.32. The van der Waals surface area contributed by atoms with E-state index in [9.17, 15) is 0 Å². The van der Waals surface area contributed by atoms with Gasteiger partial charge in [0.1, 0.15) is 23.7 Å². The van der Waals surface area contributed by atoms with Crippen molar-refractivity contribution in [3.05, 3.63) is 58.7 Å². The number of fused-ring (bicyclic) bond motifs is 2. The smallest absolute Gasteiger partial charge is 0.120 e. The van der Waals surface area contributed by atoms with Crippen LogP contribution in [0.2, 0.25) is 0 Å². The Hall–Kier alpha value is -2.16. The fraction of sp³-hybridized carbons (Fsp3) is 0.538. The molecule has 4 heterocycles. The standard InChI is InChI=1S/C26H34N4O3/c1-3-25(31-23-5-9-27-10-6-23)13-21-17-29(15-19(1)21)33-30-16-20-2-4-26(14-22(20)18-30)32-24-7-11-28-12-8-24/h1-4,13-14,23-24,27-28H,5-12,15-18H2. The van der Waals surface area contributed by atoms with Crippen LogP contribution in [0.25, 0.3) is 0 Å². The van der Waals surface area contributed by atoms with Crippen molar-refractivity contribution >= 4 is 0 Å². The van der Waals surface area contributed by atoms with E-state index in [0.717, 1.165) is 89.5 Å². The second kappa shape index (κ2) is 9.60. The number of piperidine rings is 2. The molecule has 2 saturated heterocycles. The van der Waals surface area contributed by atoms with Gasteiger partial charge in [-0.05, 0) is 98.4 Å². The van der Waals surface area contributed by atoms with Crippen LogP contribution in [0.15, 0.2) is 36.4 Å². The van der Waals surface area contributed by atoms with Crippen molar-refractivity contribution in [1.29, 1.82) is 0 Å². The minimum absolute atomic E-state index is 0.324. The Morgan fingerprint density at radius 3 is 1.45 bits per heavy atom. The van der Waals surface area contributed by atoms with Crippen LogP contribution in [-0.2, 0) is 31.1 Å². The summed E-state index contributed by atoms with van der Waals surface area (Å²) >= 11 is 0. The largest absolute Gasteiger partial charge is 0.490 e. The Morgan fingerprint density at radius 2 is 1.00 bits per heavy atom. The molecule has 4 aliphatic rings. The highest BCUT2D eigenvalue weighted by molar-refractivity contribution is 5.39. The zero-order valence-corrected chi connectivity index (χ0v) is 19.2. The lowest BCUT2D eigenvalue weighted by Crippen LogP contribution is -2.34. The number of hydroxylamine groups is 4. The zero-order valence-electron chi connectivity index (χ0n) is 19.2. The first-order chi connectivity index (χ1) is 16.3. The van der Waals surface area contributed by atoms with Gasteiger partial charge in [0.25, 0.3) is 0 Å². The van der Waals surface area contributed by atoms with Gasteiger partial charge in [-0.1, -0.05) is 12.1 Å². The van der Waals surface area contributed by atoms with Crippen molar-refractivity contribution in [2.24, 2.45) is 0 Å². The number of hydrogen-bond donors (Lipinski definition) is 2. The van der Waals surface area contributed by atoms with E-state index in [1.807, 2.05) is 0 Å². The average molecular weight is 451 g/mol. The van der Waals surface area contributed by atoms with Crippen LogP contribution in [0.1, 0.15) is 47.9 Å². The molecule has 0 saturated carbocycles. The predicted octanol–water partition coefficient (Wildman–Crippen LogP) is 3.13. The van der Waals surface area contributed by atoms with E-state index in [4.69, 9.17) is 14.4 Å². The fourth-order valence-corrected chi connectivity index (χ4v) is 5.32. The number of benzene rings is 2. The average Bonchev–Trinajstić information content (AvgIpc) is 3.42. The molecule has 0 bridgehead atoms. The lowest BCUT2D eigenvalue weighted by atomic mass is 10.1. The number of hydrogen-bond acceptors (Lipinski definition) is 7. The Labute approximate surface area is 195 Å². The molecule has 2 fully saturated rings. The van der Waals surface area contributed by atoms with Gasteiger partial charge >= 0.3 is 0 Å². The number of ether oxygens (including phenoxy) is 2. The molecule has 176 valence electrons. The minimum Gasteiger partial charge on any atom is -0.490 e. The van der Waals surface area contributed by atoms with Gasteiger partial charge in [0.05, 0.1) is 26.2 Å². The molecule has 0 radical (unpaired) electrons. The summed E-state index contributed by atoms with van der Waals surface area (Å²) < 4.78 is 12.5. The second-order valence-electron chi connectivity index (χ2n) is 9.67. The highest BCUT2D eigenvalue weighted by Gasteiger charge is 2.27. The lowest BCUT2D eigenvalue weighted by Gasteiger charge is -2.24. The van der Waals surface area contributed by atoms with Crippen LogP contribution in [-0.4, -0.2) is 48.5 Å². The number of rotatable bonds is 6. The van der Waals surface area contributed by atoms with Crippen LogP contribution >= 0.6 is 0 Å². The molecule has 4 aliphatic heterocycles. The summed E-state index contributed by atoms with van der Waals surface area (Å²) in [5.41, 5.74) is 5.25. The van der Waals surface area contributed by atoms with Crippen LogP contribution in [0.3, 0.4) is 0 Å². The maximum absolute atomic E-state index is 6.29. The third kappa shape index (κ3) is 5.03. The van der Waals surface area contributed by atoms with Crippen LogP contribution in [0, 0.1) is 0 Å². The van der Waals surface area contributed by atoms with Crippen LogP contribution < -0.4 is 20.1 Å². The summed E-state index contributed by atoms with van der Waals surface area (Å²) in [6, 6.07) is 13.0. The van der Waals surface area contributed by atoms with Gasteiger partial charge in [0.2, 0.25) is 0 Å². The van der Waals surface area contributed by atoms with E-state index < -0.39 is 0 Å². The van der Waals surface area contributed by atoms with Gasteiger partial charge in [-0.15, -0.1) is 0 Å². The molecular formula is C26H34N4O3.